The third-order valence-electron chi connectivity index (χ3n) is 6.99. The van der Waals surface area contributed by atoms with E-state index in [0.29, 0.717) is 12.8 Å². The number of anilines is 1. The number of hydrogen-bond acceptors (Lipinski definition) is 5. The zero-order valence-electron chi connectivity index (χ0n) is 18.6. The van der Waals surface area contributed by atoms with Gasteiger partial charge in [-0.25, -0.2) is 22.0 Å². The molecule has 3 aliphatic carbocycles. The number of fused-ring (bicyclic) bond motifs is 2. The summed E-state index contributed by atoms with van der Waals surface area (Å²) in [6.07, 6.45) is 2.81. The van der Waals surface area contributed by atoms with Crippen molar-refractivity contribution in [2.75, 3.05) is 5.32 Å². The Kier molecular flexibility index (Phi) is 6.08. The molecule has 3 fully saturated rings. The highest BCUT2D eigenvalue weighted by Gasteiger charge is 2.52. The van der Waals surface area contributed by atoms with E-state index < -0.39 is 43.9 Å². The maximum atomic E-state index is 13.5. The van der Waals surface area contributed by atoms with Crippen LogP contribution in [0.5, 0.6) is 0 Å². The predicted octanol–water partition coefficient (Wildman–Crippen LogP) is 3.53. The second-order valence-corrected chi connectivity index (χ2v) is 11.7. The van der Waals surface area contributed by atoms with E-state index in [1.54, 1.807) is 0 Å². The van der Waals surface area contributed by atoms with Crippen LogP contribution < -0.4 is 16.6 Å². The van der Waals surface area contributed by atoms with Crippen LogP contribution in [-0.2, 0) is 9.84 Å². The normalized spacial score (nSPS) is 23.1. The van der Waals surface area contributed by atoms with Crippen molar-refractivity contribution in [2.45, 2.75) is 35.4 Å². The third-order valence-corrected chi connectivity index (χ3v) is 9.65. The quantitative estimate of drug-likeness (QED) is 0.518. The Bertz CT molecular complexity index is 1590. The Hall–Kier alpha value is -3.31. The van der Waals surface area contributed by atoms with E-state index in [1.807, 2.05) is 0 Å². The first-order valence-corrected chi connectivity index (χ1v) is 13.1. The number of carbonyl (C=O) groups is 1. The number of hydrogen-bond donors (Lipinski definition) is 2. The Morgan fingerprint density at radius 2 is 1.72 bits per heavy atom. The minimum Gasteiger partial charge on any atom is -0.322 e. The zero-order chi connectivity index (χ0) is 25.8. The van der Waals surface area contributed by atoms with Crippen LogP contribution in [-0.4, -0.2) is 29.1 Å². The Labute approximate surface area is 208 Å². The summed E-state index contributed by atoms with van der Waals surface area (Å²) in [6.45, 7) is 0. The molecule has 36 heavy (non-hydrogen) atoms. The Balaban J connectivity index is 1.37. The van der Waals surface area contributed by atoms with Crippen LogP contribution in [0.1, 0.15) is 35.7 Å². The van der Waals surface area contributed by atoms with E-state index in [0.717, 1.165) is 18.6 Å². The molecule has 2 unspecified atom stereocenters. The lowest BCUT2D eigenvalue weighted by molar-refractivity contribution is 0.0235. The van der Waals surface area contributed by atoms with Crippen LogP contribution in [0.4, 0.5) is 14.5 Å². The second kappa shape index (κ2) is 8.97. The van der Waals surface area contributed by atoms with Crippen molar-refractivity contribution in [3.63, 3.8) is 0 Å². The van der Waals surface area contributed by atoms with Gasteiger partial charge in [-0.2, -0.15) is 0 Å². The first-order chi connectivity index (χ1) is 17.0. The Morgan fingerprint density at radius 3 is 2.39 bits per heavy atom. The smallest absolute Gasteiger partial charge is 0.322 e. The molecule has 1 amide bonds. The van der Waals surface area contributed by atoms with Crippen LogP contribution >= 0.6 is 11.6 Å². The van der Waals surface area contributed by atoms with Gasteiger partial charge in [0.05, 0.1) is 15.2 Å². The summed E-state index contributed by atoms with van der Waals surface area (Å²) < 4.78 is 55.1. The van der Waals surface area contributed by atoms with Crippen LogP contribution in [0.3, 0.4) is 0 Å². The molecule has 3 aliphatic rings. The number of nitrogens with zero attached hydrogens (tertiary/aromatic N) is 1. The molecule has 12 heteroatoms. The van der Waals surface area contributed by atoms with Crippen LogP contribution in [0.2, 0.25) is 5.02 Å². The fraction of sp³-hybridized carbons (Fsp3) is 0.292. The van der Waals surface area contributed by atoms with E-state index in [9.17, 15) is 31.6 Å². The highest BCUT2D eigenvalue weighted by Crippen LogP contribution is 2.55. The fourth-order valence-corrected chi connectivity index (χ4v) is 7.72. The highest BCUT2D eigenvalue weighted by atomic mass is 35.5. The summed E-state index contributed by atoms with van der Waals surface area (Å²) in [5, 5.41) is 1.62. The van der Waals surface area contributed by atoms with Crippen molar-refractivity contribution in [3.8, 4) is 0 Å². The SMILES string of the molecule is O=C(Nc1ccc(F)c(F)c1)c1ccc(Cl)c(S(=O)(=O)C2CC3CC(C2)C3n2ccc(=O)[nH]c2=O)c1. The van der Waals surface area contributed by atoms with Crippen LogP contribution in [0.25, 0.3) is 0 Å². The summed E-state index contributed by atoms with van der Waals surface area (Å²) in [4.78, 5) is 38.3. The van der Waals surface area contributed by atoms with Gasteiger partial charge in [0.15, 0.2) is 21.5 Å². The second-order valence-electron chi connectivity index (χ2n) is 9.13. The molecule has 6 rings (SSSR count). The van der Waals surface area contributed by atoms with Crippen molar-refractivity contribution in [2.24, 2.45) is 11.8 Å². The molecule has 3 aromatic rings. The van der Waals surface area contributed by atoms with Gasteiger partial charge in [0, 0.05) is 35.6 Å². The van der Waals surface area contributed by atoms with Gasteiger partial charge in [-0.1, -0.05) is 11.6 Å². The number of H-pyrrole nitrogens is 1. The lowest BCUT2D eigenvalue weighted by Crippen LogP contribution is -2.51. The first-order valence-electron chi connectivity index (χ1n) is 11.2. The van der Waals surface area contributed by atoms with E-state index in [2.05, 4.69) is 10.3 Å². The molecule has 0 aliphatic heterocycles. The summed E-state index contributed by atoms with van der Waals surface area (Å²) >= 11 is 6.23. The standard InChI is InChI=1S/C24H20ClF2N3O5S/c25-17-3-1-12(23(32)28-15-2-4-18(26)19(27)11-15)10-20(17)36(34,35)16-8-13-7-14(9-16)22(13)30-6-5-21(31)29-24(30)33/h1-6,10-11,13-14,16,22H,7-9H2,(H,28,32)(H,29,31,33). The van der Waals surface area contributed by atoms with Gasteiger partial charge >= 0.3 is 5.69 Å². The van der Waals surface area contributed by atoms with E-state index in [-0.39, 0.29) is 39.0 Å². The number of halogens is 3. The minimum atomic E-state index is -3.93. The average Bonchev–Trinajstić information content (AvgIpc) is 2.83. The van der Waals surface area contributed by atoms with Crippen molar-refractivity contribution in [1.82, 2.24) is 9.55 Å². The predicted molar refractivity (Wildman–Crippen MR) is 128 cm³/mol. The number of sulfone groups is 1. The molecule has 2 bridgehead atoms. The number of aromatic amines is 1. The summed E-state index contributed by atoms with van der Waals surface area (Å²) in [6, 6.07) is 7.77. The van der Waals surface area contributed by atoms with Gasteiger partial charge in [0.2, 0.25) is 0 Å². The number of amides is 1. The van der Waals surface area contributed by atoms with Crippen molar-refractivity contribution < 1.29 is 22.0 Å². The molecule has 2 atom stereocenters. The van der Waals surface area contributed by atoms with Gasteiger partial charge in [0.25, 0.3) is 11.5 Å². The minimum absolute atomic E-state index is 0.00849. The molecule has 3 saturated carbocycles. The van der Waals surface area contributed by atoms with Gasteiger partial charge in [-0.05, 0) is 61.4 Å². The molecule has 0 spiro atoms. The van der Waals surface area contributed by atoms with Gasteiger partial charge < -0.3 is 5.32 Å². The third kappa shape index (κ3) is 4.26. The van der Waals surface area contributed by atoms with E-state index in [1.165, 1.54) is 41.1 Å². The first kappa shape index (κ1) is 24.4. The summed E-state index contributed by atoms with van der Waals surface area (Å²) in [5.74, 6) is -3.04. The van der Waals surface area contributed by atoms with E-state index in [4.69, 9.17) is 11.6 Å². The van der Waals surface area contributed by atoms with Gasteiger partial charge in [0.1, 0.15) is 0 Å². The molecule has 188 valence electrons. The zero-order valence-corrected chi connectivity index (χ0v) is 20.2. The molecular formula is C24H20ClF2N3O5S. The molecule has 2 aromatic carbocycles. The highest BCUT2D eigenvalue weighted by molar-refractivity contribution is 7.92. The fourth-order valence-electron chi connectivity index (χ4n) is 5.29. The maximum absolute atomic E-state index is 13.5. The van der Waals surface area contributed by atoms with Crippen molar-refractivity contribution >= 4 is 33.0 Å². The Morgan fingerprint density at radius 1 is 1.00 bits per heavy atom. The number of benzene rings is 2. The number of carbonyl (C=O) groups excluding carboxylic acids is 1. The summed E-state index contributed by atoms with van der Waals surface area (Å²) in [5.41, 5.74) is -1.02. The monoisotopic (exact) mass is 535 g/mol. The molecule has 0 radical (unpaired) electrons. The summed E-state index contributed by atoms with van der Waals surface area (Å²) in [7, 11) is -3.93. The van der Waals surface area contributed by atoms with Crippen LogP contribution in [0.15, 0.2) is 63.1 Å². The molecule has 2 N–H and O–H groups in total. The van der Waals surface area contributed by atoms with Crippen molar-refractivity contribution in [1.29, 1.82) is 0 Å². The average molecular weight is 536 g/mol. The lowest BCUT2D eigenvalue weighted by atomic mass is 9.61. The molecule has 0 saturated heterocycles. The van der Waals surface area contributed by atoms with Crippen molar-refractivity contribution in [3.05, 3.63) is 91.7 Å². The maximum Gasteiger partial charge on any atom is 0.328 e. The number of aromatic nitrogens is 2. The topological polar surface area (TPSA) is 118 Å². The molecule has 1 heterocycles. The molecular weight excluding hydrogens is 516 g/mol. The van der Waals surface area contributed by atoms with E-state index >= 15 is 0 Å². The van der Waals surface area contributed by atoms with Gasteiger partial charge in [-0.3, -0.25) is 19.1 Å². The number of nitrogens with one attached hydrogen (secondary N) is 2. The largest absolute Gasteiger partial charge is 0.328 e. The molecule has 1 aromatic heterocycles. The van der Waals surface area contributed by atoms with Crippen LogP contribution in [0, 0.1) is 23.5 Å². The van der Waals surface area contributed by atoms with Gasteiger partial charge in [-0.15, -0.1) is 0 Å². The molecule has 8 nitrogen and oxygen atoms in total. The number of rotatable bonds is 5. The lowest BCUT2D eigenvalue weighted by Gasteiger charge is -2.52.